The molecule has 7 rings (SSSR count). The van der Waals surface area contributed by atoms with Crippen molar-refractivity contribution in [1.82, 2.24) is 14.4 Å². The molecule has 2 aromatic carbocycles. The summed E-state index contributed by atoms with van der Waals surface area (Å²) in [5, 5.41) is 6.27. The van der Waals surface area contributed by atoms with Gasteiger partial charge in [-0.05, 0) is 47.2 Å². The van der Waals surface area contributed by atoms with E-state index in [1.54, 1.807) is 11.3 Å². The van der Waals surface area contributed by atoms with Crippen LogP contribution >= 0.6 is 11.3 Å². The lowest BCUT2D eigenvalue weighted by atomic mass is 10.1. The van der Waals surface area contributed by atoms with E-state index in [0.717, 1.165) is 11.2 Å². The van der Waals surface area contributed by atoms with Gasteiger partial charge in [-0.25, -0.2) is 0 Å². The fourth-order valence-corrected chi connectivity index (χ4v) is 5.57. The standard InChI is InChI=1S/C24H13N3S/c1-2-6-15-12-20-18(11-14(15)5-1)22-23-16(8-10-26-22)17-13-21(28-24(17)27(20)23)19-7-3-4-9-25-19/h1-13H. The first-order chi connectivity index (χ1) is 13.9. The minimum absolute atomic E-state index is 1.02. The van der Waals surface area contributed by atoms with Crippen LogP contribution < -0.4 is 0 Å². The van der Waals surface area contributed by atoms with Crippen molar-refractivity contribution < 1.29 is 0 Å². The Morgan fingerprint density at radius 3 is 2.43 bits per heavy atom. The number of hydrogen-bond acceptors (Lipinski definition) is 3. The van der Waals surface area contributed by atoms with E-state index in [2.05, 4.69) is 64.0 Å². The molecule has 0 fully saturated rings. The van der Waals surface area contributed by atoms with Gasteiger partial charge in [0.15, 0.2) is 0 Å². The normalized spacial score (nSPS) is 12.3. The first kappa shape index (κ1) is 14.5. The van der Waals surface area contributed by atoms with Crippen molar-refractivity contribution in [2.45, 2.75) is 0 Å². The summed E-state index contributed by atoms with van der Waals surface area (Å²) >= 11 is 1.80. The number of pyridine rings is 2. The Morgan fingerprint density at radius 1 is 0.714 bits per heavy atom. The molecule has 0 aliphatic carbocycles. The third-order valence-electron chi connectivity index (χ3n) is 5.63. The highest BCUT2D eigenvalue weighted by Crippen LogP contribution is 2.43. The van der Waals surface area contributed by atoms with Crippen LogP contribution in [0.4, 0.5) is 0 Å². The van der Waals surface area contributed by atoms with E-state index >= 15 is 0 Å². The van der Waals surface area contributed by atoms with Gasteiger partial charge in [0.25, 0.3) is 0 Å². The van der Waals surface area contributed by atoms with Crippen LogP contribution in [0.1, 0.15) is 0 Å². The molecule has 0 N–H and O–H groups in total. The van der Waals surface area contributed by atoms with Crippen molar-refractivity contribution >= 4 is 59.6 Å². The molecule has 28 heavy (non-hydrogen) atoms. The Labute approximate surface area is 163 Å². The maximum absolute atomic E-state index is 4.75. The molecule has 7 aromatic rings. The molecule has 0 aliphatic rings. The third kappa shape index (κ3) is 1.73. The average molecular weight is 375 g/mol. The highest BCUT2D eigenvalue weighted by molar-refractivity contribution is 7.22. The molecule has 0 radical (unpaired) electrons. The molecule has 0 saturated heterocycles. The number of hydrogen-bond donors (Lipinski definition) is 0. The summed E-state index contributed by atoms with van der Waals surface area (Å²) in [7, 11) is 0. The molecule has 0 spiro atoms. The Kier molecular flexibility index (Phi) is 2.63. The van der Waals surface area contributed by atoms with Crippen LogP contribution in [0.5, 0.6) is 0 Å². The highest BCUT2D eigenvalue weighted by atomic mass is 32.1. The van der Waals surface area contributed by atoms with Gasteiger partial charge in [0.2, 0.25) is 0 Å². The van der Waals surface area contributed by atoms with Gasteiger partial charge in [0.05, 0.1) is 27.1 Å². The van der Waals surface area contributed by atoms with E-state index < -0.39 is 0 Å². The Hall–Kier alpha value is -3.50. The zero-order chi connectivity index (χ0) is 18.2. The molecule has 0 bridgehead atoms. The molecular formula is C24H13N3S. The van der Waals surface area contributed by atoms with Crippen molar-refractivity contribution in [3.63, 3.8) is 0 Å². The van der Waals surface area contributed by atoms with Crippen molar-refractivity contribution in [2.75, 3.05) is 0 Å². The van der Waals surface area contributed by atoms with Crippen LogP contribution in [0.2, 0.25) is 0 Å². The van der Waals surface area contributed by atoms with Gasteiger partial charge in [0, 0.05) is 28.6 Å². The first-order valence-electron chi connectivity index (χ1n) is 9.26. The summed E-state index contributed by atoms with van der Waals surface area (Å²) in [4.78, 5) is 11.8. The summed E-state index contributed by atoms with van der Waals surface area (Å²) in [5.74, 6) is 0. The van der Waals surface area contributed by atoms with Gasteiger partial charge in [-0.1, -0.05) is 30.3 Å². The van der Waals surface area contributed by atoms with Gasteiger partial charge in [-0.3, -0.25) is 14.4 Å². The van der Waals surface area contributed by atoms with Crippen molar-refractivity contribution in [3.8, 4) is 10.6 Å². The number of rotatable bonds is 1. The lowest BCUT2D eigenvalue weighted by molar-refractivity contribution is 1.34. The smallest absolute Gasteiger partial charge is 0.109 e. The quantitative estimate of drug-likeness (QED) is 0.327. The Morgan fingerprint density at radius 2 is 1.57 bits per heavy atom. The van der Waals surface area contributed by atoms with Gasteiger partial charge in [-0.15, -0.1) is 11.3 Å². The molecule has 5 heterocycles. The van der Waals surface area contributed by atoms with E-state index in [1.807, 2.05) is 24.5 Å². The molecule has 0 atom stereocenters. The second-order valence-corrected chi connectivity index (χ2v) is 8.18. The number of aromatic nitrogens is 3. The van der Waals surface area contributed by atoms with Gasteiger partial charge in [-0.2, -0.15) is 0 Å². The van der Waals surface area contributed by atoms with E-state index in [4.69, 9.17) is 4.98 Å². The molecule has 0 unspecified atom stereocenters. The van der Waals surface area contributed by atoms with Crippen LogP contribution in [0.25, 0.3) is 58.9 Å². The number of fused-ring (bicyclic) bond motifs is 7. The minimum atomic E-state index is 1.02. The Balaban J connectivity index is 1.70. The molecule has 0 saturated carbocycles. The van der Waals surface area contributed by atoms with Gasteiger partial charge >= 0.3 is 0 Å². The molecule has 3 nitrogen and oxygen atoms in total. The summed E-state index contributed by atoms with van der Waals surface area (Å²) in [6.07, 6.45) is 3.79. The molecule has 130 valence electrons. The summed E-state index contributed by atoms with van der Waals surface area (Å²) in [6.45, 7) is 0. The predicted octanol–water partition coefficient (Wildman–Crippen LogP) is 6.51. The van der Waals surface area contributed by atoms with Gasteiger partial charge < -0.3 is 0 Å². The van der Waals surface area contributed by atoms with Crippen LogP contribution in [-0.4, -0.2) is 14.4 Å². The number of thiophene rings is 1. The maximum Gasteiger partial charge on any atom is 0.109 e. The summed E-state index contributed by atoms with van der Waals surface area (Å²) in [5.41, 5.74) is 4.56. The summed E-state index contributed by atoms with van der Waals surface area (Å²) in [6, 6.07) is 23.6. The van der Waals surface area contributed by atoms with E-state index in [-0.39, 0.29) is 0 Å². The molecule has 0 amide bonds. The van der Waals surface area contributed by atoms with Crippen LogP contribution in [-0.2, 0) is 0 Å². The zero-order valence-corrected chi connectivity index (χ0v) is 15.6. The average Bonchev–Trinajstić information content (AvgIpc) is 3.40. The van der Waals surface area contributed by atoms with Crippen LogP contribution in [0.15, 0.2) is 79.1 Å². The lowest BCUT2D eigenvalue weighted by Crippen LogP contribution is -1.79. The zero-order valence-electron chi connectivity index (χ0n) is 14.8. The molecule has 5 aromatic heterocycles. The molecule has 4 heteroatoms. The number of benzene rings is 2. The van der Waals surface area contributed by atoms with Crippen molar-refractivity contribution in [2.24, 2.45) is 0 Å². The first-order valence-corrected chi connectivity index (χ1v) is 10.1. The van der Waals surface area contributed by atoms with Crippen molar-refractivity contribution in [3.05, 3.63) is 79.1 Å². The molecule has 0 aliphatic heterocycles. The second kappa shape index (κ2) is 5.06. The Bertz CT molecular complexity index is 1660. The SMILES string of the molecule is c1ccc(-c2cc3c4ccnc5c6cc7ccccc7cc6n(c3s2)c45)nc1. The van der Waals surface area contributed by atoms with Crippen LogP contribution in [0.3, 0.4) is 0 Å². The largest absolute Gasteiger partial charge is 0.298 e. The number of nitrogens with zero attached hydrogens (tertiary/aromatic N) is 3. The fraction of sp³-hybridized carbons (Fsp3) is 0. The minimum Gasteiger partial charge on any atom is -0.298 e. The predicted molar refractivity (Wildman–Crippen MR) is 118 cm³/mol. The topological polar surface area (TPSA) is 30.2 Å². The maximum atomic E-state index is 4.75. The van der Waals surface area contributed by atoms with Crippen molar-refractivity contribution in [1.29, 1.82) is 0 Å². The fourth-order valence-electron chi connectivity index (χ4n) is 4.40. The lowest BCUT2D eigenvalue weighted by Gasteiger charge is -1.99. The summed E-state index contributed by atoms with van der Waals surface area (Å²) < 4.78 is 2.39. The van der Waals surface area contributed by atoms with E-state index in [0.29, 0.717) is 0 Å². The van der Waals surface area contributed by atoms with Gasteiger partial charge in [0.1, 0.15) is 4.83 Å². The van der Waals surface area contributed by atoms with Crippen LogP contribution in [0, 0.1) is 0 Å². The third-order valence-corrected chi connectivity index (χ3v) is 6.77. The molecular weight excluding hydrogens is 362 g/mol. The highest BCUT2D eigenvalue weighted by Gasteiger charge is 2.21. The monoisotopic (exact) mass is 375 g/mol. The second-order valence-electron chi connectivity index (χ2n) is 7.15. The van der Waals surface area contributed by atoms with E-state index in [9.17, 15) is 0 Å². The van der Waals surface area contributed by atoms with E-state index in [1.165, 1.54) is 47.7 Å².